The van der Waals surface area contributed by atoms with Gasteiger partial charge in [-0.2, -0.15) is 0 Å². The summed E-state index contributed by atoms with van der Waals surface area (Å²) in [7, 11) is 0. The molecule has 0 radical (unpaired) electrons. The zero-order chi connectivity index (χ0) is 21.3. The molecule has 0 saturated carbocycles. The Hall–Kier alpha value is -1.83. The van der Waals surface area contributed by atoms with E-state index in [9.17, 15) is 8.78 Å². The molecule has 4 nitrogen and oxygen atoms in total. The maximum Gasteiger partial charge on any atom is 0.264 e. The summed E-state index contributed by atoms with van der Waals surface area (Å²) in [4.78, 5) is 9.72. The lowest BCUT2D eigenvalue weighted by Crippen LogP contribution is -2.43. The number of rotatable bonds is 5. The van der Waals surface area contributed by atoms with Crippen molar-refractivity contribution >= 4 is 35.1 Å². The van der Waals surface area contributed by atoms with Crippen LogP contribution in [0.15, 0.2) is 53.6 Å². The number of pyridine rings is 1. The predicted octanol–water partition coefficient (Wildman–Crippen LogP) is 5.86. The third kappa shape index (κ3) is 4.90. The summed E-state index contributed by atoms with van der Waals surface area (Å²) in [5.74, 6) is 1.17. The van der Waals surface area contributed by atoms with Crippen molar-refractivity contribution in [2.75, 3.05) is 42.5 Å². The Morgan fingerprint density at radius 1 is 1.13 bits per heavy atom. The number of aromatic nitrogens is 1. The van der Waals surface area contributed by atoms with Crippen molar-refractivity contribution in [1.29, 1.82) is 0 Å². The first-order valence-corrected chi connectivity index (χ1v) is 11.2. The molecule has 0 amide bonds. The molecular formula is C22H25ClF2N4S. The number of benzene rings is 1. The van der Waals surface area contributed by atoms with Gasteiger partial charge in [-0.1, -0.05) is 25.1 Å². The molecule has 2 aromatic rings. The van der Waals surface area contributed by atoms with Crippen LogP contribution in [-0.2, 0) is 0 Å². The highest BCUT2D eigenvalue weighted by molar-refractivity contribution is 7.97. The van der Waals surface area contributed by atoms with Crippen LogP contribution in [-0.4, -0.2) is 42.0 Å². The van der Waals surface area contributed by atoms with Crippen LogP contribution < -0.4 is 9.80 Å². The van der Waals surface area contributed by atoms with Gasteiger partial charge >= 0.3 is 0 Å². The van der Waals surface area contributed by atoms with Gasteiger partial charge in [-0.15, -0.1) is 0 Å². The second-order valence-corrected chi connectivity index (χ2v) is 9.43. The van der Waals surface area contributed by atoms with Gasteiger partial charge in [0.2, 0.25) is 0 Å². The van der Waals surface area contributed by atoms with Gasteiger partial charge in [0.05, 0.1) is 0 Å². The summed E-state index contributed by atoms with van der Waals surface area (Å²) >= 11 is 7.66. The Bertz CT molecular complexity index is 901. The highest BCUT2D eigenvalue weighted by Crippen LogP contribution is 2.33. The molecule has 1 aromatic heterocycles. The minimum atomic E-state index is -2.55. The first-order chi connectivity index (χ1) is 14.4. The van der Waals surface area contributed by atoms with Crippen LogP contribution in [0.3, 0.4) is 0 Å². The highest BCUT2D eigenvalue weighted by atomic mass is 35.5. The average Bonchev–Trinajstić information content (AvgIpc) is 3.06. The molecule has 3 heterocycles. The molecule has 2 fully saturated rings. The molecule has 2 aliphatic rings. The Kier molecular flexibility index (Phi) is 6.51. The molecule has 1 atom stereocenters. The van der Waals surface area contributed by atoms with Crippen LogP contribution in [0.2, 0.25) is 5.15 Å². The van der Waals surface area contributed by atoms with E-state index in [1.807, 2.05) is 4.90 Å². The summed E-state index contributed by atoms with van der Waals surface area (Å²) in [5.41, 5.74) is 2.29. The van der Waals surface area contributed by atoms with Gasteiger partial charge in [0.15, 0.2) is 0 Å². The highest BCUT2D eigenvalue weighted by Gasteiger charge is 2.23. The maximum atomic E-state index is 13.0. The Balaban J connectivity index is 1.33. The summed E-state index contributed by atoms with van der Waals surface area (Å²) < 4.78 is 28.4. The zero-order valence-corrected chi connectivity index (χ0v) is 18.5. The lowest BCUT2D eigenvalue weighted by molar-refractivity contribution is 0.151. The molecule has 1 unspecified atom stereocenters. The molecule has 4 rings (SSSR count). The van der Waals surface area contributed by atoms with Gasteiger partial charge in [-0.25, -0.2) is 18.1 Å². The second-order valence-electron chi connectivity index (χ2n) is 7.87. The molecule has 0 bridgehead atoms. The molecule has 160 valence electrons. The predicted molar refractivity (Wildman–Crippen MR) is 121 cm³/mol. The van der Waals surface area contributed by atoms with E-state index in [2.05, 4.69) is 52.0 Å². The summed E-state index contributed by atoms with van der Waals surface area (Å²) in [6, 6.07) is 11.3. The molecule has 2 aliphatic heterocycles. The maximum absolute atomic E-state index is 13.0. The van der Waals surface area contributed by atoms with E-state index in [-0.39, 0.29) is 10.7 Å². The number of allylic oxidation sites excluding steroid dienone is 1. The minimum Gasteiger partial charge on any atom is -0.354 e. The fourth-order valence-electron chi connectivity index (χ4n) is 3.94. The van der Waals surface area contributed by atoms with Gasteiger partial charge in [0, 0.05) is 54.6 Å². The SMILES string of the molecule is C=C1CC(C)CN1c1ccc(SN2CCN(c3cc(C(F)F)cc(Cl)n3)CC2)cc1. The lowest BCUT2D eigenvalue weighted by Gasteiger charge is -2.34. The van der Waals surface area contributed by atoms with E-state index in [0.717, 1.165) is 26.1 Å². The Labute approximate surface area is 185 Å². The fraction of sp³-hybridized carbons (Fsp3) is 0.409. The van der Waals surface area contributed by atoms with Crippen LogP contribution in [0, 0.1) is 5.92 Å². The van der Waals surface area contributed by atoms with E-state index in [1.54, 1.807) is 11.9 Å². The number of hydrogen-bond acceptors (Lipinski definition) is 5. The van der Waals surface area contributed by atoms with Gasteiger partial charge in [0.25, 0.3) is 6.43 Å². The Morgan fingerprint density at radius 2 is 1.83 bits per heavy atom. The van der Waals surface area contributed by atoms with Crippen molar-refractivity contribution in [2.45, 2.75) is 24.7 Å². The molecule has 30 heavy (non-hydrogen) atoms. The smallest absolute Gasteiger partial charge is 0.264 e. The minimum absolute atomic E-state index is 0.0861. The van der Waals surface area contributed by atoms with Gasteiger partial charge < -0.3 is 9.80 Å². The fourth-order valence-corrected chi connectivity index (χ4v) is 5.05. The second kappa shape index (κ2) is 9.12. The van der Waals surface area contributed by atoms with Gasteiger partial charge in [0.1, 0.15) is 11.0 Å². The van der Waals surface area contributed by atoms with E-state index in [1.165, 1.54) is 28.4 Å². The van der Waals surface area contributed by atoms with Crippen LogP contribution in [0.1, 0.15) is 25.3 Å². The molecule has 2 saturated heterocycles. The molecule has 8 heteroatoms. The molecule has 0 N–H and O–H groups in total. The number of alkyl halides is 2. The molecule has 1 aromatic carbocycles. The summed E-state index contributed by atoms with van der Waals surface area (Å²) in [6.45, 7) is 10.5. The van der Waals surface area contributed by atoms with Crippen LogP contribution in [0.5, 0.6) is 0 Å². The lowest BCUT2D eigenvalue weighted by atomic mass is 10.1. The number of halogens is 3. The number of hydrogen-bond donors (Lipinski definition) is 0. The number of piperazine rings is 1. The summed E-state index contributed by atoms with van der Waals surface area (Å²) in [6.07, 6.45) is -1.49. The van der Waals surface area contributed by atoms with E-state index >= 15 is 0 Å². The van der Waals surface area contributed by atoms with Crippen molar-refractivity contribution in [1.82, 2.24) is 9.29 Å². The van der Waals surface area contributed by atoms with Gasteiger partial charge in [-0.3, -0.25) is 0 Å². The van der Waals surface area contributed by atoms with E-state index in [4.69, 9.17) is 11.6 Å². The molecule has 0 spiro atoms. The van der Waals surface area contributed by atoms with E-state index < -0.39 is 6.43 Å². The average molecular weight is 451 g/mol. The topological polar surface area (TPSA) is 22.6 Å². The third-order valence-electron chi connectivity index (χ3n) is 5.46. The van der Waals surface area contributed by atoms with Crippen molar-refractivity contribution in [2.24, 2.45) is 5.92 Å². The van der Waals surface area contributed by atoms with Crippen LogP contribution in [0.25, 0.3) is 0 Å². The first-order valence-electron chi connectivity index (χ1n) is 10.1. The van der Waals surface area contributed by atoms with Crippen LogP contribution >= 0.6 is 23.5 Å². The van der Waals surface area contributed by atoms with Crippen molar-refractivity contribution < 1.29 is 8.78 Å². The van der Waals surface area contributed by atoms with E-state index in [0.29, 0.717) is 24.8 Å². The van der Waals surface area contributed by atoms with Crippen LogP contribution in [0.4, 0.5) is 20.3 Å². The van der Waals surface area contributed by atoms with Gasteiger partial charge in [-0.05, 0) is 60.7 Å². The number of anilines is 2. The summed E-state index contributed by atoms with van der Waals surface area (Å²) in [5, 5.41) is 0.106. The zero-order valence-electron chi connectivity index (χ0n) is 16.9. The monoisotopic (exact) mass is 450 g/mol. The Morgan fingerprint density at radius 3 is 2.43 bits per heavy atom. The van der Waals surface area contributed by atoms with Crippen molar-refractivity contribution in [3.8, 4) is 0 Å². The largest absolute Gasteiger partial charge is 0.354 e. The number of nitrogens with zero attached hydrogens (tertiary/aromatic N) is 4. The third-order valence-corrected chi connectivity index (χ3v) is 6.76. The molecular weight excluding hydrogens is 426 g/mol. The normalized spacial score (nSPS) is 20.4. The molecule has 0 aliphatic carbocycles. The van der Waals surface area contributed by atoms with Crippen molar-refractivity contribution in [3.63, 3.8) is 0 Å². The standard InChI is InChI=1S/C22H25ClF2N4S/c1-15-11-16(2)29(14-15)18-3-5-19(6-4-18)30-28-9-7-27(8-10-28)21-13-17(22(24)25)12-20(23)26-21/h3-6,12-13,15,22H,2,7-11,14H2,1H3. The first kappa shape index (κ1) is 21.4. The van der Waals surface area contributed by atoms with Crippen molar-refractivity contribution in [3.05, 3.63) is 59.4 Å². The quantitative estimate of drug-likeness (QED) is 0.419.